The maximum atomic E-state index is 4.35. The molecule has 0 heterocycles. The van der Waals surface area contributed by atoms with Crippen molar-refractivity contribution in [3.8, 4) is 0 Å². The Labute approximate surface area is 170 Å². The van der Waals surface area contributed by atoms with E-state index in [1.807, 2.05) is 3.88 Å². The summed E-state index contributed by atoms with van der Waals surface area (Å²) in [5.74, 6) is 0.735. The maximum Gasteiger partial charge on any atom is -1.00 e. The van der Waals surface area contributed by atoms with Gasteiger partial charge < -0.3 is 24.8 Å². The van der Waals surface area contributed by atoms with Crippen LogP contribution in [-0.4, -0.2) is 12.7 Å². The molecule has 0 saturated heterocycles. The SMILES string of the molecule is CC[SiH](CC)[Ti+2]([NH]C1CCCCC1)[C]1=C(C)C(C)=C(C)C1C.[Cl-].[Cl-]. The van der Waals surface area contributed by atoms with Crippen LogP contribution in [0.25, 0.3) is 0 Å². The molecular formula is C19H36Cl2NSiTi. The van der Waals surface area contributed by atoms with Crippen LogP contribution in [0.1, 0.15) is 73.6 Å². The van der Waals surface area contributed by atoms with Crippen LogP contribution in [0.3, 0.4) is 0 Å². The van der Waals surface area contributed by atoms with Gasteiger partial charge in [0.05, 0.1) is 0 Å². The van der Waals surface area contributed by atoms with Gasteiger partial charge >= 0.3 is 146 Å². The minimum absolute atomic E-state index is 0. The van der Waals surface area contributed by atoms with Gasteiger partial charge in [0, 0.05) is 0 Å². The first-order valence-electron chi connectivity index (χ1n) is 9.53. The third-order valence-electron chi connectivity index (χ3n) is 6.29. The van der Waals surface area contributed by atoms with Crippen molar-refractivity contribution in [2.24, 2.45) is 5.92 Å². The van der Waals surface area contributed by atoms with Crippen molar-refractivity contribution < 1.29 is 42.2 Å². The molecule has 0 radical (unpaired) electrons. The van der Waals surface area contributed by atoms with E-state index >= 15 is 0 Å². The Balaban J connectivity index is 0.00000264. The topological polar surface area (TPSA) is 12.0 Å². The smallest absolute Gasteiger partial charge is 1.00 e. The molecule has 0 aromatic carbocycles. The molecule has 0 spiro atoms. The summed E-state index contributed by atoms with van der Waals surface area (Å²) in [5, 5.41) is 0. The molecule has 1 fully saturated rings. The van der Waals surface area contributed by atoms with Crippen molar-refractivity contribution >= 4 is 6.66 Å². The van der Waals surface area contributed by atoms with Crippen molar-refractivity contribution in [3.05, 3.63) is 20.6 Å². The molecule has 0 aliphatic heterocycles. The van der Waals surface area contributed by atoms with Gasteiger partial charge in [0.15, 0.2) is 0 Å². The van der Waals surface area contributed by atoms with Crippen LogP contribution in [0, 0.1) is 5.92 Å². The Kier molecular flexibility index (Phi) is 12.1. The second-order valence-corrected chi connectivity index (χ2v) is 19.3. The molecule has 0 bridgehead atoms. The molecule has 0 aromatic rings. The van der Waals surface area contributed by atoms with Crippen LogP contribution >= 0.6 is 0 Å². The second-order valence-electron chi connectivity index (χ2n) is 7.47. The molecule has 0 aromatic heterocycles. The molecule has 1 unspecified atom stereocenters. The molecule has 5 heteroatoms. The van der Waals surface area contributed by atoms with Gasteiger partial charge in [-0.05, 0) is 0 Å². The summed E-state index contributed by atoms with van der Waals surface area (Å²) in [7, 11) is 0. The largest absolute Gasteiger partial charge is 1.00 e. The van der Waals surface area contributed by atoms with Gasteiger partial charge in [0.2, 0.25) is 0 Å². The third kappa shape index (κ3) is 5.47. The van der Waals surface area contributed by atoms with E-state index < -0.39 is 24.0 Å². The van der Waals surface area contributed by atoms with Crippen molar-refractivity contribution in [3.63, 3.8) is 0 Å². The molecule has 1 atom stereocenters. The minimum Gasteiger partial charge on any atom is -1.00 e. The summed E-state index contributed by atoms with van der Waals surface area (Å²) in [6.07, 6.45) is 7.26. The first-order valence-corrected chi connectivity index (χ1v) is 16.0. The Morgan fingerprint density at radius 2 is 1.50 bits per heavy atom. The fourth-order valence-corrected chi connectivity index (χ4v) is 19.7. The molecule has 1 N–H and O–H groups in total. The van der Waals surface area contributed by atoms with Crippen LogP contribution in [0.5, 0.6) is 0 Å². The number of halogens is 2. The molecule has 2 aliphatic carbocycles. The number of hydrogen-bond donors (Lipinski definition) is 1. The fourth-order valence-electron chi connectivity index (χ4n) is 4.38. The van der Waals surface area contributed by atoms with Gasteiger partial charge in [-0.2, -0.15) is 0 Å². The summed E-state index contributed by atoms with van der Waals surface area (Å²) in [6.45, 7) is 14.0. The Morgan fingerprint density at radius 1 is 0.958 bits per heavy atom. The van der Waals surface area contributed by atoms with Crippen LogP contribution in [0.2, 0.25) is 12.1 Å². The average molecular weight is 425 g/mol. The normalized spacial score (nSPS) is 21.9. The van der Waals surface area contributed by atoms with Crippen molar-refractivity contribution in [2.75, 3.05) is 0 Å². The molecule has 24 heavy (non-hydrogen) atoms. The van der Waals surface area contributed by atoms with Crippen LogP contribution in [-0.2, 0) is 17.4 Å². The molecule has 1 saturated carbocycles. The zero-order valence-corrected chi connectivity index (χ0v) is 20.7. The minimum atomic E-state index is -1.27. The van der Waals surface area contributed by atoms with E-state index in [4.69, 9.17) is 0 Å². The molecule has 2 rings (SSSR count). The van der Waals surface area contributed by atoms with Gasteiger partial charge in [-0.3, -0.25) is 0 Å². The zero-order valence-electron chi connectivity index (χ0n) is 16.4. The first kappa shape index (κ1) is 25.0. The monoisotopic (exact) mass is 424 g/mol. The second kappa shape index (κ2) is 11.6. The van der Waals surface area contributed by atoms with Crippen LogP contribution < -0.4 is 28.6 Å². The Hall–Kier alpha value is 0.951. The van der Waals surface area contributed by atoms with E-state index in [1.54, 1.807) is 16.7 Å². The predicted octanol–water partition coefficient (Wildman–Crippen LogP) is -0.526. The predicted molar refractivity (Wildman–Crippen MR) is 98.4 cm³/mol. The molecule has 139 valence electrons. The van der Waals surface area contributed by atoms with Gasteiger partial charge in [-0.25, -0.2) is 0 Å². The number of allylic oxidation sites excluding steroid dienone is 4. The number of nitrogens with one attached hydrogen (secondary N) is 1. The van der Waals surface area contributed by atoms with Crippen molar-refractivity contribution in [1.29, 1.82) is 0 Å². The fraction of sp³-hybridized carbons (Fsp3) is 0.789. The van der Waals surface area contributed by atoms with E-state index in [0.29, 0.717) is 0 Å². The third-order valence-corrected chi connectivity index (χ3v) is 22.0. The summed E-state index contributed by atoms with van der Waals surface area (Å²) in [4.78, 5) is 0. The van der Waals surface area contributed by atoms with Crippen LogP contribution in [0.15, 0.2) is 20.6 Å². The van der Waals surface area contributed by atoms with E-state index in [0.717, 1.165) is 12.0 Å². The van der Waals surface area contributed by atoms with Gasteiger partial charge in [0.1, 0.15) is 0 Å². The first-order chi connectivity index (χ1) is 10.5. The summed E-state index contributed by atoms with van der Waals surface area (Å²) >= 11 is -1.27. The average Bonchev–Trinajstić information content (AvgIpc) is 2.72. The van der Waals surface area contributed by atoms with E-state index in [-0.39, 0.29) is 24.8 Å². The van der Waals surface area contributed by atoms with Gasteiger partial charge in [-0.1, -0.05) is 0 Å². The van der Waals surface area contributed by atoms with E-state index in [1.165, 1.54) is 44.2 Å². The molecule has 1 nitrogen and oxygen atoms in total. The maximum absolute atomic E-state index is 4.35. The summed E-state index contributed by atoms with van der Waals surface area (Å²) < 4.78 is 6.28. The van der Waals surface area contributed by atoms with Crippen LogP contribution in [0.4, 0.5) is 0 Å². The molecule has 0 amide bonds. The van der Waals surface area contributed by atoms with E-state index in [9.17, 15) is 0 Å². The number of rotatable bonds is 6. The van der Waals surface area contributed by atoms with Gasteiger partial charge in [0.25, 0.3) is 0 Å². The standard InChI is InChI=1S/C9H13.C6H12N.C4H11Si.2ClH.Ti/c1-6-5-7(2)9(4)8(6)3;7-6-4-2-1-3-5-6;1-3-5-4-2;;;/h6H,1-4H3;6-7H,1-5H2;5H,3-4H2,1-2H3;2*1H;/q;-1;;;;+3/p-2. The molecular weight excluding hydrogens is 389 g/mol. The summed E-state index contributed by atoms with van der Waals surface area (Å²) in [5.41, 5.74) is 4.95. The van der Waals surface area contributed by atoms with Crippen molar-refractivity contribution in [1.82, 2.24) is 3.80 Å². The Morgan fingerprint density at radius 3 is 1.92 bits per heavy atom. The van der Waals surface area contributed by atoms with E-state index in [2.05, 4.69) is 45.3 Å². The summed E-state index contributed by atoms with van der Waals surface area (Å²) in [6, 6.07) is 3.84. The zero-order chi connectivity index (χ0) is 16.3. The Bertz CT molecular complexity index is 454. The van der Waals surface area contributed by atoms with Gasteiger partial charge in [-0.15, -0.1) is 0 Å². The number of hydrogen-bond acceptors (Lipinski definition) is 1. The molecule has 2 aliphatic rings. The quantitative estimate of drug-likeness (QED) is 0.565. The van der Waals surface area contributed by atoms with Crippen molar-refractivity contribution in [2.45, 2.75) is 91.8 Å².